The summed E-state index contributed by atoms with van der Waals surface area (Å²) >= 11 is 0. The Labute approximate surface area is 145 Å². The van der Waals surface area contributed by atoms with Crippen LogP contribution in [0.15, 0.2) is 67.0 Å². The fraction of sp³-hybridized carbons (Fsp3) is 0.111. The Hall–Kier alpha value is -2.90. The average molecular weight is 336 g/mol. The van der Waals surface area contributed by atoms with Gasteiger partial charge in [-0.1, -0.05) is 60.7 Å². The van der Waals surface area contributed by atoms with E-state index in [1.54, 1.807) is 0 Å². The Morgan fingerprint density at radius 3 is 1.56 bits per heavy atom. The summed E-state index contributed by atoms with van der Waals surface area (Å²) in [4.78, 5) is 7.99. The van der Waals surface area contributed by atoms with Crippen LogP contribution in [0.4, 0.5) is 0 Å². The van der Waals surface area contributed by atoms with E-state index in [2.05, 4.69) is 9.97 Å². The van der Waals surface area contributed by atoms with Crippen molar-refractivity contribution in [1.29, 1.82) is 0 Å². The monoisotopic (exact) mass is 336 g/mol. The molecule has 126 valence electrons. The fourth-order valence-electron chi connectivity index (χ4n) is 2.27. The van der Waals surface area contributed by atoms with Crippen LogP contribution in [0, 0.1) is 0 Å². The Morgan fingerprint density at radius 1 is 0.720 bits per heavy atom. The van der Waals surface area contributed by atoms with E-state index < -0.39 is 7.12 Å². The highest BCUT2D eigenvalue weighted by Crippen LogP contribution is 2.14. The van der Waals surface area contributed by atoms with Crippen molar-refractivity contribution in [3.05, 3.63) is 78.1 Å². The molecule has 2 N–H and O–H groups in total. The number of hydrogen-bond donors (Lipinski definition) is 2. The van der Waals surface area contributed by atoms with Gasteiger partial charge in [0.05, 0.1) is 0 Å². The summed E-state index contributed by atoms with van der Waals surface area (Å²) < 4.78 is 11.3. The van der Waals surface area contributed by atoms with Gasteiger partial charge in [0.15, 0.2) is 0 Å². The van der Waals surface area contributed by atoms with E-state index in [9.17, 15) is 10.0 Å². The molecule has 0 saturated heterocycles. The lowest BCUT2D eigenvalue weighted by molar-refractivity contribution is 0.275. The molecule has 3 aromatic rings. The van der Waals surface area contributed by atoms with Crippen molar-refractivity contribution in [2.24, 2.45) is 0 Å². The van der Waals surface area contributed by atoms with E-state index >= 15 is 0 Å². The molecule has 0 atom stereocenters. The zero-order valence-corrected chi connectivity index (χ0v) is 13.4. The lowest BCUT2D eigenvalue weighted by atomic mass is 9.81. The summed E-state index contributed by atoms with van der Waals surface area (Å²) in [6.45, 7) is 0.491. The molecule has 2 aromatic carbocycles. The van der Waals surface area contributed by atoms with Crippen LogP contribution in [-0.4, -0.2) is 27.1 Å². The van der Waals surface area contributed by atoms with Crippen LogP contribution in [0.25, 0.3) is 0 Å². The van der Waals surface area contributed by atoms with Crippen LogP contribution < -0.4 is 14.9 Å². The number of benzene rings is 2. The van der Waals surface area contributed by atoms with Crippen molar-refractivity contribution in [2.75, 3.05) is 0 Å². The summed E-state index contributed by atoms with van der Waals surface area (Å²) in [6, 6.07) is 19.0. The van der Waals surface area contributed by atoms with Gasteiger partial charge in [0.2, 0.25) is 11.8 Å². The molecule has 0 aliphatic carbocycles. The Kier molecular flexibility index (Phi) is 5.61. The predicted molar refractivity (Wildman–Crippen MR) is 93.4 cm³/mol. The number of rotatable bonds is 7. The maximum atomic E-state index is 9.70. The molecule has 3 rings (SSSR count). The SMILES string of the molecule is OB(O)c1c(OCc2ccccc2)ncnc1OCc1ccccc1. The molecule has 6 nitrogen and oxygen atoms in total. The first-order valence-corrected chi connectivity index (χ1v) is 7.78. The van der Waals surface area contributed by atoms with Crippen molar-refractivity contribution in [1.82, 2.24) is 9.97 Å². The normalized spacial score (nSPS) is 10.3. The molecule has 0 amide bonds. The molecular formula is C18H17BN2O4. The van der Waals surface area contributed by atoms with Gasteiger partial charge in [0.25, 0.3) is 0 Å². The lowest BCUT2D eigenvalue weighted by Crippen LogP contribution is -2.34. The molecule has 25 heavy (non-hydrogen) atoms. The van der Waals surface area contributed by atoms with Crippen molar-refractivity contribution in [3.63, 3.8) is 0 Å². The standard InChI is InChI=1S/C18H17BN2O4/c22-19(23)16-17(24-11-14-7-3-1-4-8-14)20-13-21-18(16)25-12-15-9-5-2-6-10-15/h1-10,13,22-23H,11-12H2. The van der Waals surface area contributed by atoms with Crippen LogP contribution >= 0.6 is 0 Å². The van der Waals surface area contributed by atoms with Crippen LogP contribution in [0.5, 0.6) is 11.8 Å². The van der Waals surface area contributed by atoms with E-state index in [0.29, 0.717) is 0 Å². The summed E-state index contributed by atoms with van der Waals surface area (Å²) in [6.07, 6.45) is 1.27. The topological polar surface area (TPSA) is 84.7 Å². The summed E-state index contributed by atoms with van der Waals surface area (Å²) in [5, 5.41) is 19.4. The molecule has 7 heteroatoms. The van der Waals surface area contributed by atoms with Gasteiger partial charge < -0.3 is 19.5 Å². The van der Waals surface area contributed by atoms with Gasteiger partial charge in [-0.05, 0) is 11.1 Å². The second kappa shape index (κ2) is 8.28. The second-order valence-corrected chi connectivity index (χ2v) is 5.32. The number of ether oxygens (including phenoxy) is 2. The van der Waals surface area contributed by atoms with E-state index in [1.165, 1.54) is 6.33 Å². The molecular weight excluding hydrogens is 319 g/mol. The predicted octanol–water partition coefficient (Wildman–Crippen LogP) is 1.31. The first-order chi connectivity index (χ1) is 12.2. The van der Waals surface area contributed by atoms with E-state index in [4.69, 9.17) is 9.47 Å². The fourth-order valence-corrected chi connectivity index (χ4v) is 2.27. The number of aromatic nitrogens is 2. The van der Waals surface area contributed by atoms with E-state index in [0.717, 1.165) is 11.1 Å². The van der Waals surface area contributed by atoms with Crippen molar-refractivity contribution < 1.29 is 19.5 Å². The minimum atomic E-state index is -1.81. The molecule has 0 saturated carbocycles. The van der Waals surface area contributed by atoms with Crippen LogP contribution in [0.1, 0.15) is 11.1 Å². The maximum Gasteiger partial charge on any atom is 0.499 e. The molecule has 1 aromatic heterocycles. The summed E-state index contributed by atoms with van der Waals surface area (Å²) in [5.74, 6) is 0.161. The van der Waals surface area contributed by atoms with Gasteiger partial charge in [-0.25, -0.2) is 9.97 Å². The Morgan fingerprint density at radius 2 is 1.16 bits per heavy atom. The third-order valence-electron chi connectivity index (χ3n) is 3.51. The Balaban J connectivity index is 1.76. The smallest absolute Gasteiger partial charge is 0.473 e. The van der Waals surface area contributed by atoms with Crippen molar-refractivity contribution in [3.8, 4) is 11.8 Å². The molecule has 0 aliphatic rings. The molecule has 0 unspecified atom stereocenters. The quantitative estimate of drug-likeness (QED) is 0.633. The summed E-state index contributed by atoms with van der Waals surface area (Å²) in [7, 11) is -1.81. The molecule has 0 bridgehead atoms. The third-order valence-corrected chi connectivity index (χ3v) is 3.51. The van der Waals surface area contributed by atoms with E-state index in [-0.39, 0.29) is 30.4 Å². The minimum Gasteiger partial charge on any atom is -0.473 e. The highest BCUT2D eigenvalue weighted by Gasteiger charge is 2.26. The number of nitrogens with zero attached hydrogens (tertiary/aromatic N) is 2. The highest BCUT2D eigenvalue weighted by atomic mass is 16.5. The zero-order chi connectivity index (χ0) is 17.5. The second-order valence-electron chi connectivity index (χ2n) is 5.32. The molecule has 0 radical (unpaired) electrons. The van der Waals surface area contributed by atoms with Crippen molar-refractivity contribution in [2.45, 2.75) is 13.2 Å². The van der Waals surface area contributed by atoms with Crippen LogP contribution in [0.3, 0.4) is 0 Å². The highest BCUT2D eigenvalue weighted by molar-refractivity contribution is 6.60. The molecule has 0 aliphatic heterocycles. The van der Waals surface area contributed by atoms with Gasteiger partial charge in [0.1, 0.15) is 25.0 Å². The maximum absolute atomic E-state index is 9.70. The van der Waals surface area contributed by atoms with Gasteiger partial charge in [0, 0.05) is 0 Å². The van der Waals surface area contributed by atoms with Gasteiger partial charge in [-0.2, -0.15) is 0 Å². The largest absolute Gasteiger partial charge is 0.499 e. The van der Waals surface area contributed by atoms with Crippen LogP contribution in [-0.2, 0) is 13.2 Å². The Bertz CT molecular complexity index is 739. The molecule has 0 fully saturated rings. The van der Waals surface area contributed by atoms with Crippen LogP contribution in [0.2, 0.25) is 0 Å². The van der Waals surface area contributed by atoms with Gasteiger partial charge in [-0.3, -0.25) is 0 Å². The molecule has 0 spiro atoms. The average Bonchev–Trinajstić information content (AvgIpc) is 2.66. The lowest BCUT2D eigenvalue weighted by Gasteiger charge is -2.14. The molecule has 1 heterocycles. The van der Waals surface area contributed by atoms with E-state index in [1.807, 2.05) is 60.7 Å². The summed E-state index contributed by atoms with van der Waals surface area (Å²) in [5.41, 5.74) is 1.88. The first-order valence-electron chi connectivity index (χ1n) is 7.78. The zero-order valence-electron chi connectivity index (χ0n) is 13.4. The first kappa shape index (κ1) is 16.9. The number of hydrogen-bond acceptors (Lipinski definition) is 6. The van der Waals surface area contributed by atoms with Gasteiger partial charge in [-0.15, -0.1) is 0 Å². The van der Waals surface area contributed by atoms with Gasteiger partial charge >= 0.3 is 7.12 Å². The minimum absolute atomic E-state index is 0.00867. The third kappa shape index (κ3) is 4.56. The van der Waals surface area contributed by atoms with Crippen molar-refractivity contribution >= 4 is 12.6 Å².